The molecule has 0 radical (unpaired) electrons. The molecule has 0 saturated carbocycles. The van der Waals surface area contributed by atoms with E-state index in [0.29, 0.717) is 12.0 Å². The second kappa shape index (κ2) is 6.86. The van der Waals surface area contributed by atoms with Crippen molar-refractivity contribution in [2.75, 3.05) is 0 Å². The van der Waals surface area contributed by atoms with E-state index in [0.717, 1.165) is 12.1 Å². The monoisotopic (exact) mass is 373 g/mol. The minimum atomic E-state index is -0.723. The first kappa shape index (κ1) is 17.3. The van der Waals surface area contributed by atoms with E-state index in [1.807, 2.05) is 0 Å². The summed E-state index contributed by atoms with van der Waals surface area (Å²) in [7, 11) is 0. The maximum absolute atomic E-state index is 14.0. The molecule has 1 saturated heterocycles. The third-order valence-corrected chi connectivity index (χ3v) is 4.53. The first-order valence-corrected chi connectivity index (χ1v) is 8.35. The predicted molar refractivity (Wildman–Crippen MR) is 88.6 cm³/mol. The molecule has 8 heteroatoms. The molecule has 5 nitrogen and oxygen atoms in total. The highest BCUT2D eigenvalue weighted by molar-refractivity contribution is 5.78. The second-order valence-corrected chi connectivity index (χ2v) is 6.24. The first-order valence-electron chi connectivity index (χ1n) is 8.35. The van der Waals surface area contributed by atoms with E-state index in [-0.39, 0.29) is 36.2 Å². The van der Waals surface area contributed by atoms with Gasteiger partial charge in [0.1, 0.15) is 23.5 Å². The van der Waals surface area contributed by atoms with Crippen molar-refractivity contribution in [3.05, 3.63) is 71.4 Å². The summed E-state index contributed by atoms with van der Waals surface area (Å²) in [5.41, 5.74) is 0.239. The lowest BCUT2D eigenvalue weighted by Crippen LogP contribution is -2.28. The predicted octanol–water partition coefficient (Wildman–Crippen LogP) is 4.02. The third kappa shape index (κ3) is 3.30. The SMILES string of the molecule is O=C1CCC(c2nc(-c3cccc(F)c3)no2)N1Cc1c(F)cccc1F. The fourth-order valence-corrected chi connectivity index (χ4v) is 3.16. The van der Waals surface area contributed by atoms with Crippen LogP contribution < -0.4 is 0 Å². The van der Waals surface area contributed by atoms with Gasteiger partial charge in [-0.2, -0.15) is 4.98 Å². The van der Waals surface area contributed by atoms with E-state index in [1.165, 1.54) is 29.2 Å². The van der Waals surface area contributed by atoms with Crippen molar-refractivity contribution < 1.29 is 22.5 Å². The molecule has 1 amide bonds. The Bertz CT molecular complexity index is 985. The Morgan fingerprint density at radius 1 is 1.11 bits per heavy atom. The number of nitrogens with zero attached hydrogens (tertiary/aromatic N) is 3. The van der Waals surface area contributed by atoms with Gasteiger partial charge in [0.05, 0.1) is 6.54 Å². The van der Waals surface area contributed by atoms with Gasteiger partial charge >= 0.3 is 0 Å². The molecule has 1 unspecified atom stereocenters. The maximum atomic E-state index is 14.0. The van der Waals surface area contributed by atoms with Gasteiger partial charge in [-0.25, -0.2) is 13.2 Å². The van der Waals surface area contributed by atoms with E-state index < -0.39 is 23.5 Å². The lowest BCUT2D eigenvalue weighted by Gasteiger charge is -2.22. The topological polar surface area (TPSA) is 59.2 Å². The Morgan fingerprint density at radius 2 is 1.85 bits per heavy atom. The molecule has 1 aromatic heterocycles. The van der Waals surface area contributed by atoms with Crippen LogP contribution in [0.3, 0.4) is 0 Å². The van der Waals surface area contributed by atoms with Crippen molar-refractivity contribution >= 4 is 5.91 Å². The molecule has 0 N–H and O–H groups in total. The fourth-order valence-electron chi connectivity index (χ4n) is 3.16. The van der Waals surface area contributed by atoms with Crippen LogP contribution in [0.2, 0.25) is 0 Å². The van der Waals surface area contributed by atoms with Crippen LogP contribution in [-0.4, -0.2) is 20.9 Å². The largest absolute Gasteiger partial charge is 0.337 e. The molecule has 4 rings (SSSR count). The molecule has 0 bridgehead atoms. The number of benzene rings is 2. The molecule has 1 fully saturated rings. The number of carbonyl (C=O) groups excluding carboxylic acids is 1. The van der Waals surface area contributed by atoms with Gasteiger partial charge in [0.15, 0.2) is 0 Å². The van der Waals surface area contributed by atoms with Gasteiger partial charge in [0.2, 0.25) is 17.6 Å². The Kier molecular flexibility index (Phi) is 4.39. The Hall–Kier alpha value is -3.16. The van der Waals surface area contributed by atoms with Crippen LogP contribution in [0.5, 0.6) is 0 Å². The summed E-state index contributed by atoms with van der Waals surface area (Å²) in [4.78, 5) is 17.8. The number of rotatable bonds is 4. The van der Waals surface area contributed by atoms with Crippen LogP contribution in [-0.2, 0) is 11.3 Å². The van der Waals surface area contributed by atoms with Crippen molar-refractivity contribution in [2.24, 2.45) is 0 Å². The zero-order valence-electron chi connectivity index (χ0n) is 14.0. The normalized spacial score (nSPS) is 16.9. The lowest BCUT2D eigenvalue weighted by atomic mass is 10.1. The zero-order chi connectivity index (χ0) is 19.0. The summed E-state index contributed by atoms with van der Waals surface area (Å²) in [6, 6.07) is 8.67. The molecule has 2 heterocycles. The number of likely N-dealkylation sites (tertiary alicyclic amines) is 1. The highest BCUT2D eigenvalue weighted by atomic mass is 19.1. The summed E-state index contributed by atoms with van der Waals surface area (Å²) in [5, 5.41) is 3.83. The second-order valence-electron chi connectivity index (χ2n) is 6.24. The number of amides is 1. The van der Waals surface area contributed by atoms with Crippen molar-refractivity contribution in [1.82, 2.24) is 15.0 Å². The number of hydrogen-bond acceptors (Lipinski definition) is 4. The summed E-state index contributed by atoms with van der Waals surface area (Å²) in [6.07, 6.45) is 0.595. The Balaban J connectivity index is 1.62. The maximum Gasteiger partial charge on any atom is 0.249 e. The van der Waals surface area contributed by atoms with Gasteiger partial charge in [-0.15, -0.1) is 0 Å². The van der Waals surface area contributed by atoms with Gasteiger partial charge in [0, 0.05) is 17.5 Å². The molecule has 1 atom stereocenters. The third-order valence-electron chi connectivity index (χ3n) is 4.53. The zero-order valence-corrected chi connectivity index (χ0v) is 14.0. The molecule has 138 valence electrons. The number of carbonyl (C=O) groups is 1. The number of hydrogen-bond donors (Lipinski definition) is 0. The van der Waals surface area contributed by atoms with Crippen molar-refractivity contribution in [1.29, 1.82) is 0 Å². The Morgan fingerprint density at radius 3 is 2.59 bits per heavy atom. The smallest absolute Gasteiger partial charge is 0.249 e. The van der Waals surface area contributed by atoms with Gasteiger partial charge in [-0.1, -0.05) is 23.4 Å². The molecule has 2 aromatic carbocycles. The summed E-state index contributed by atoms with van der Waals surface area (Å²) >= 11 is 0. The van der Waals surface area contributed by atoms with Crippen LogP contribution in [0.1, 0.15) is 30.3 Å². The first-order chi connectivity index (χ1) is 13.0. The van der Waals surface area contributed by atoms with Crippen molar-refractivity contribution in [3.63, 3.8) is 0 Å². The molecule has 0 spiro atoms. The average molecular weight is 373 g/mol. The minimum absolute atomic E-state index is 0.150. The number of halogens is 3. The Labute approximate surface area is 152 Å². The number of aromatic nitrogens is 2. The van der Waals surface area contributed by atoms with E-state index >= 15 is 0 Å². The molecule has 1 aliphatic heterocycles. The molecule has 27 heavy (non-hydrogen) atoms. The van der Waals surface area contributed by atoms with Gasteiger partial charge < -0.3 is 9.42 Å². The van der Waals surface area contributed by atoms with E-state index in [9.17, 15) is 18.0 Å². The molecular weight excluding hydrogens is 359 g/mol. The van der Waals surface area contributed by atoms with Gasteiger partial charge in [0.25, 0.3) is 0 Å². The van der Waals surface area contributed by atoms with E-state index in [1.54, 1.807) is 6.07 Å². The van der Waals surface area contributed by atoms with Gasteiger partial charge in [-0.3, -0.25) is 4.79 Å². The highest BCUT2D eigenvalue weighted by Gasteiger charge is 2.37. The summed E-state index contributed by atoms with van der Waals surface area (Å²) in [5.74, 6) is -1.81. The standard InChI is InChI=1S/C19H14F3N3O2/c20-12-4-1-3-11(9-12)18-23-19(27-24-18)16-7-8-17(26)25(16)10-13-14(21)5-2-6-15(13)22/h1-6,9,16H,7-8,10H2. The van der Waals surface area contributed by atoms with Crippen LogP contribution >= 0.6 is 0 Å². The molecule has 0 aliphatic carbocycles. The van der Waals surface area contributed by atoms with Crippen LogP contribution in [0, 0.1) is 17.5 Å². The van der Waals surface area contributed by atoms with E-state index in [4.69, 9.17) is 4.52 Å². The molecule has 1 aliphatic rings. The van der Waals surface area contributed by atoms with E-state index in [2.05, 4.69) is 10.1 Å². The minimum Gasteiger partial charge on any atom is -0.337 e. The quantitative estimate of drug-likeness (QED) is 0.693. The van der Waals surface area contributed by atoms with Crippen LogP contribution in [0.25, 0.3) is 11.4 Å². The molecular formula is C19H14F3N3O2. The highest BCUT2D eigenvalue weighted by Crippen LogP contribution is 2.34. The van der Waals surface area contributed by atoms with Crippen molar-refractivity contribution in [2.45, 2.75) is 25.4 Å². The average Bonchev–Trinajstić information content (AvgIpc) is 3.25. The van der Waals surface area contributed by atoms with Crippen molar-refractivity contribution in [3.8, 4) is 11.4 Å². The fraction of sp³-hybridized carbons (Fsp3) is 0.211. The molecule has 3 aromatic rings. The van der Waals surface area contributed by atoms with Crippen LogP contribution in [0.4, 0.5) is 13.2 Å². The summed E-state index contributed by atoms with van der Waals surface area (Å²) < 4.78 is 46.6. The lowest BCUT2D eigenvalue weighted by molar-refractivity contribution is -0.130. The summed E-state index contributed by atoms with van der Waals surface area (Å²) in [6.45, 7) is -0.236. The van der Waals surface area contributed by atoms with Gasteiger partial charge in [-0.05, 0) is 30.7 Å². The van der Waals surface area contributed by atoms with Crippen LogP contribution in [0.15, 0.2) is 47.0 Å².